The number of hydrogen-bond donors (Lipinski definition) is 2. The van der Waals surface area contributed by atoms with E-state index in [2.05, 4.69) is 9.98 Å². The van der Waals surface area contributed by atoms with Gasteiger partial charge in [0.15, 0.2) is 5.78 Å². The highest BCUT2D eigenvalue weighted by molar-refractivity contribution is 6.08. The average molecular weight is 308 g/mol. The van der Waals surface area contributed by atoms with Gasteiger partial charge >= 0.3 is 0 Å². The Morgan fingerprint density at radius 3 is 3.00 bits per heavy atom. The van der Waals surface area contributed by atoms with Crippen molar-refractivity contribution < 1.29 is 14.6 Å². The van der Waals surface area contributed by atoms with Crippen molar-refractivity contribution in [2.45, 2.75) is 0 Å². The minimum Gasteiger partial charge on any atom is -0.507 e. The summed E-state index contributed by atoms with van der Waals surface area (Å²) in [6, 6.07) is 12.3. The molecule has 23 heavy (non-hydrogen) atoms. The van der Waals surface area contributed by atoms with Crippen LogP contribution in [0.4, 0.5) is 0 Å². The number of Topliss-reactive ketones (excluding diaryl/α,β-unsaturated/α-hetero) is 1. The second kappa shape index (κ2) is 6.36. The molecule has 0 saturated carbocycles. The Hall–Kier alpha value is -3.08. The smallest absolute Gasteiger partial charge is 0.186 e. The summed E-state index contributed by atoms with van der Waals surface area (Å²) in [5.41, 5.74) is 1.94. The van der Waals surface area contributed by atoms with Crippen LogP contribution in [-0.2, 0) is 0 Å². The van der Waals surface area contributed by atoms with Gasteiger partial charge in [0.2, 0.25) is 0 Å². The van der Waals surface area contributed by atoms with E-state index in [4.69, 9.17) is 4.74 Å². The van der Waals surface area contributed by atoms with Gasteiger partial charge in [-0.3, -0.25) is 9.79 Å². The summed E-state index contributed by atoms with van der Waals surface area (Å²) in [4.78, 5) is 19.5. The fourth-order valence-electron chi connectivity index (χ4n) is 2.39. The molecular formula is C18H16N2O3. The standard InChI is InChI=1S/C18H16N2O3/c1-23-14-5-6-16(21)13(9-14)10-19-11-17(22)15-4-2-3-12-7-8-20-18(12)15/h2-10,20-21H,11H2,1H3. The second-order valence-electron chi connectivity index (χ2n) is 5.07. The number of rotatable bonds is 5. The van der Waals surface area contributed by atoms with E-state index in [0.717, 1.165) is 10.9 Å². The fourth-order valence-corrected chi connectivity index (χ4v) is 2.39. The van der Waals surface area contributed by atoms with Crippen molar-refractivity contribution in [3.05, 3.63) is 59.8 Å². The van der Waals surface area contributed by atoms with Crippen LogP contribution < -0.4 is 4.74 Å². The average Bonchev–Trinajstić information content (AvgIpc) is 3.05. The lowest BCUT2D eigenvalue weighted by Gasteiger charge is -2.03. The van der Waals surface area contributed by atoms with Gasteiger partial charge in [0, 0.05) is 28.9 Å². The molecule has 0 amide bonds. The first-order valence-corrected chi connectivity index (χ1v) is 7.15. The topological polar surface area (TPSA) is 74.7 Å². The molecule has 0 saturated heterocycles. The van der Waals surface area contributed by atoms with Gasteiger partial charge in [-0.25, -0.2) is 0 Å². The van der Waals surface area contributed by atoms with Crippen LogP contribution in [0.25, 0.3) is 10.9 Å². The Labute approximate surface area is 133 Å². The van der Waals surface area contributed by atoms with E-state index in [9.17, 15) is 9.90 Å². The SMILES string of the molecule is COc1ccc(O)c(C=NCC(=O)c2cccc3cc[nH]c23)c1. The molecule has 2 N–H and O–H groups in total. The first-order valence-electron chi connectivity index (χ1n) is 7.15. The molecule has 0 aliphatic rings. The Morgan fingerprint density at radius 1 is 1.30 bits per heavy atom. The van der Waals surface area contributed by atoms with Crippen LogP contribution in [0.2, 0.25) is 0 Å². The third-order valence-corrected chi connectivity index (χ3v) is 3.59. The Bertz CT molecular complexity index is 881. The van der Waals surface area contributed by atoms with Gasteiger partial charge in [-0.1, -0.05) is 12.1 Å². The van der Waals surface area contributed by atoms with Gasteiger partial charge in [-0.05, 0) is 30.3 Å². The van der Waals surface area contributed by atoms with Crippen LogP contribution in [0, 0.1) is 0 Å². The zero-order chi connectivity index (χ0) is 16.2. The number of nitrogens with zero attached hydrogens (tertiary/aromatic N) is 1. The van der Waals surface area contributed by atoms with E-state index in [1.54, 1.807) is 31.5 Å². The third-order valence-electron chi connectivity index (χ3n) is 3.59. The summed E-state index contributed by atoms with van der Waals surface area (Å²) in [6.07, 6.45) is 3.28. The number of para-hydroxylation sites is 1. The fraction of sp³-hybridized carbons (Fsp3) is 0.111. The molecule has 5 heteroatoms. The first-order chi connectivity index (χ1) is 11.2. The number of aromatic hydroxyl groups is 1. The number of hydrogen-bond acceptors (Lipinski definition) is 4. The number of carbonyl (C=O) groups is 1. The van der Waals surface area contributed by atoms with E-state index >= 15 is 0 Å². The lowest BCUT2D eigenvalue weighted by Crippen LogP contribution is -2.04. The molecule has 0 aliphatic carbocycles. The van der Waals surface area contributed by atoms with Crippen molar-refractivity contribution in [1.82, 2.24) is 4.98 Å². The molecule has 0 radical (unpaired) electrons. The number of benzene rings is 2. The number of H-pyrrole nitrogens is 1. The van der Waals surface area contributed by atoms with E-state index < -0.39 is 0 Å². The van der Waals surface area contributed by atoms with Crippen molar-refractivity contribution in [3.63, 3.8) is 0 Å². The number of ether oxygens (including phenoxy) is 1. The largest absolute Gasteiger partial charge is 0.507 e. The zero-order valence-electron chi connectivity index (χ0n) is 12.6. The summed E-state index contributed by atoms with van der Waals surface area (Å²) < 4.78 is 5.10. The van der Waals surface area contributed by atoms with E-state index in [1.165, 1.54) is 12.3 Å². The second-order valence-corrected chi connectivity index (χ2v) is 5.07. The van der Waals surface area contributed by atoms with Gasteiger partial charge in [-0.15, -0.1) is 0 Å². The first kappa shape index (κ1) is 14.8. The Morgan fingerprint density at radius 2 is 2.17 bits per heavy atom. The van der Waals surface area contributed by atoms with Crippen LogP contribution in [-0.4, -0.2) is 35.7 Å². The lowest BCUT2D eigenvalue weighted by atomic mass is 10.1. The van der Waals surface area contributed by atoms with Crippen LogP contribution in [0.3, 0.4) is 0 Å². The number of aromatic nitrogens is 1. The van der Waals surface area contributed by atoms with Crippen molar-refractivity contribution >= 4 is 22.9 Å². The van der Waals surface area contributed by atoms with E-state index in [-0.39, 0.29) is 18.1 Å². The molecule has 0 aliphatic heterocycles. The Balaban J connectivity index is 1.78. The third kappa shape index (κ3) is 3.08. The van der Waals surface area contributed by atoms with Gasteiger partial charge in [0.25, 0.3) is 0 Å². The van der Waals surface area contributed by atoms with Crippen LogP contribution >= 0.6 is 0 Å². The molecule has 3 aromatic rings. The number of carbonyl (C=O) groups excluding carboxylic acids is 1. The number of aliphatic imine (C=N–C) groups is 1. The number of nitrogens with one attached hydrogen (secondary N) is 1. The molecule has 3 rings (SSSR count). The molecule has 5 nitrogen and oxygen atoms in total. The van der Waals surface area contributed by atoms with Crippen molar-refractivity contribution in [2.24, 2.45) is 4.99 Å². The van der Waals surface area contributed by atoms with Crippen LogP contribution in [0.1, 0.15) is 15.9 Å². The summed E-state index contributed by atoms with van der Waals surface area (Å²) in [5, 5.41) is 10.8. The molecule has 0 fully saturated rings. The maximum Gasteiger partial charge on any atom is 0.186 e. The van der Waals surface area contributed by atoms with Gasteiger partial charge in [0.1, 0.15) is 18.0 Å². The number of phenols is 1. The predicted octanol–water partition coefficient (Wildman–Crippen LogP) is 3.18. The number of phenolic OH excluding ortho intramolecular Hbond substituents is 1. The van der Waals surface area contributed by atoms with Gasteiger partial charge < -0.3 is 14.8 Å². The van der Waals surface area contributed by atoms with Crippen molar-refractivity contribution in [2.75, 3.05) is 13.7 Å². The monoisotopic (exact) mass is 308 g/mol. The summed E-state index contributed by atoms with van der Waals surface area (Å²) in [7, 11) is 1.55. The normalized spacial score (nSPS) is 11.2. The summed E-state index contributed by atoms with van der Waals surface area (Å²) >= 11 is 0. The van der Waals surface area contributed by atoms with Gasteiger partial charge in [-0.2, -0.15) is 0 Å². The highest BCUT2D eigenvalue weighted by atomic mass is 16.5. The van der Waals surface area contributed by atoms with Crippen LogP contribution in [0.15, 0.2) is 53.7 Å². The molecule has 0 spiro atoms. The predicted molar refractivity (Wildman–Crippen MR) is 89.7 cm³/mol. The number of ketones is 1. The summed E-state index contributed by atoms with van der Waals surface area (Å²) in [5.74, 6) is 0.622. The molecule has 1 heterocycles. The lowest BCUT2D eigenvalue weighted by molar-refractivity contribution is 0.100. The highest BCUT2D eigenvalue weighted by Crippen LogP contribution is 2.21. The van der Waals surface area contributed by atoms with Gasteiger partial charge in [0.05, 0.1) is 12.6 Å². The van der Waals surface area contributed by atoms with Crippen LogP contribution in [0.5, 0.6) is 11.5 Å². The van der Waals surface area contributed by atoms with Crippen molar-refractivity contribution in [3.8, 4) is 11.5 Å². The maximum atomic E-state index is 12.3. The highest BCUT2D eigenvalue weighted by Gasteiger charge is 2.10. The minimum atomic E-state index is -0.0864. The zero-order valence-corrected chi connectivity index (χ0v) is 12.6. The molecule has 0 atom stereocenters. The quantitative estimate of drug-likeness (QED) is 0.561. The maximum absolute atomic E-state index is 12.3. The number of fused-ring (bicyclic) bond motifs is 1. The molecule has 2 aromatic carbocycles. The van der Waals surface area contributed by atoms with E-state index in [0.29, 0.717) is 16.9 Å². The Kier molecular flexibility index (Phi) is 4.10. The molecule has 0 bridgehead atoms. The number of methoxy groups -OCH3 is 1. The molecule has 1 aromatic heterocycles. The summed E-state index contributed by atoms with van der Waals surface area (Å²) in [6.45, 7) is 0.00871. The molecular weight excluding hydrogens is 292 g/mol. The molecule has 0 unspecified atom stereocenters. The van der Waals surface area contributed by atoms with Crippen molar-refractivity contribution in [1.29, 1.82) is 0 Å². The number of aromatic amines is 1. The van der Waals surface area contributed by atoms with E-state index in [1.807, 2.05) is 18.2 Å². The minimum absolute atomic E-state index is 0.00871. The molecule has 116 valence electrons.